The minimum atomic E-state index is 0.561. The van der Waals surface area contributed by atoms with E-state index in [1.165, 1.54) is 24.0 Å². The molecule has 0 spiro atoms. The molecule has 0 aromatic heterocycles. The van der Waals surface area contributed by atoms with E-state index >= 15 is 0 Å². The number of hydrogen-bond donors (Lipinski definition) is 1. The second-order valence-corrected chi connectivity index (χ2v) is 4.71. The second-order valence-electron chi connectivity index (χ2n) is 4.71. The van der Waals surface area contributed by atoms with Crippen LogP contribution in [0.15, 0.2) is 24.3 Å². The number of rotatable bonds is 6. The molecule has 0 aliphatic heterocycles. The highest BCUT2D eigenvalue weighted by molar-refractivity contribution is 5.26. The minimum absolute atomic E-state index is 0.561. The summed E-state index contributed by atoms with van der Waals surface area (Å²) in [7, 11) is 0. The molecule has 0 heterocycles. The Kier molecular flexibility index (Phi) is 5.54. The van der Waals surface area contributed by atoms with Gasteiger partial charge in [0.05, 0.1) is 0 Å². The Labute approximate surface area is 100 Å². The maximum Gasteiger partial charge on any atom is 0.00818 e. The van der Waals surface area contributed by atoms with Crippen LogP contribution in [0, 0.1) is 6.92 Å². The van der Waals surface area contributed by atoms with Crippen LogP contribution in [0.2, 0.25) is 0 Å². The summed E-state index contributed by atoms with van der Waals surface area (Å²) in [5.74, 6) is 0. The summed E-state index contributed by atoms with van der Waals surface area (Å²) in [6.07, 6.45) is 3.56. The van der Waals surface area contributed by atoms with Crippen molar-refractivity contribution in [2.24, 2.45) is 0 Å². The first-order valence-electron chi connectivity index (χ1n) is 6.47. The topological polar surface area (TPSA) is 12.0 Å². The molecule has 1 aromatic carbocycles. The molecular formula is C15H25N. The van der Waals surface area contributed by atoms with Crippen LogP contribution in [-0.4, -0.2) is 12.1 Å². The van der Waals surface area contributed by atoms with Crippen molar-refractivity contribution in [1.82, 2.24) is 5.32 Å². The maximum absolute atomic E-state index is 3.69. The van der Waals surface area contributed by atoms with E-state index in [-0.39, 0.29) is 0 Å². The van der Waals surface area contributed by atoms with Crippen LogP contribution in [0.25, 0.3) is 0 Å². The van der Waals surface area contributed by atoms with Gasteiger partial charge in [-0.1, -0.05) is 38.1 Å². The number of nitrogens with one attached hydrogen (secondary N) is 1. The van der Waals surface area contributed by atoms with Crippen LogP contribution < -0.4 is 5.32 Å². The van der Waals surface area contributed by atoms with Gasteiger partial charge in [-0.2, -0.15) is 0 Å². The predicted octanol–water partition coefficient (Wildman–Crippen LogP) is 3.70. The van der Waals surface area contributed by atoms with Crippen LogP contribution in [0.4, 0.5) is 0 Å². The van der Waals surface area contributed by atoms with Crippen molar-refractivity contribution in [2.45, 2.75) is 59.0 Å². The van der Waals surface area contributed by atoms with Gasteiger partial charge in [0.1, 0.15) is 0 Å². The molecule has 0 amide bonds. The molecule has 0 aliphatic carbocycles. The molecule has 1 N–H and O–H groups in total. The first kappa shape index (κ1) is 13.2. The first-order valence-corrected chi connectivity index (χ1v) is 6.47. The van der Waals surface area contributed by atoms with Gasteiger partial charge in [0, 0.05) is 12.1 Å². The van der Waals surface area contributed by atoms with E-state index in [2.05, 4.69) is 57.3 Å². The van der Waals surface area contributed by atoms with Gasteiger partial charge >= 0.3 is 0 Å². The fourth-order valence-electron chi connectivity index (χ4n) is 2.15. The summed E-state index contributed by atoms with van der Waals surface area (Å²) < 4.78 is 0. The third-order valence-electron chi connectivity index (χ3n) is 3.29. The van der Waals surface area contributed by atoms with E-state index in [9.17, 15) is 0 Å². The van der Waals surface area contributed by atoms with Crippen molar-refractivity contribution in [1.29, 1.82) is 0 Å². The van der Waals surface area contributed by atoms with Crippen LogP contribution in [0.1, 0.15) is 44.7 Å². The van der Waals surface area contributed by atoms with Gasteiger partial charge in [0.25, 0.3) is 0 Å². The standard InChI is InChI=1S/C15H25N/c1-5-15(6-2)16-13(4)11-14-10-8-7-9-12(14)3/h7-10,13,15-16H,5-6,11H2,1-4H3. The number of hydrogen-bond acceptors (Lipinski definition) is 1. The SMILES string of the molecule is CCC(CC)NC(C)Cc1ccccc1C. The Morgan fingerprint density at radius 1 is 1.12 bits per heavy atom. The van der Waals surface area contributed by atoms with Crippen molar-refractivity contribution in [3.8, 4) is 0 Å². The minimum Gasteiger partial charge on any atom is -0.311 e. The molecule has 1 rings (SSSR count). The first-order chi connectivity index (χ1) is 7.67. The molecule has 1 aromatic rings. The lowest BCUT2D eigenvalue weighted by atomic mass is 10.0. The van der Waals surface area contributed by atoms with Crippen LogP contribution in [-0.2, 0) is 6.42 Å². The molecule has 0 saturated carbocycles. The van der Waals surface area contributed by atoms with E-state index < -0.39 is 0 Å². The smallest absolute Gasteiger partial charge is 0.00818 e. The monoisotopic (exact) mass is 219 g/mol. The summed E-state index contributed by atoms with van der Waals surface area (Å²) >= 11 is 0. The Hall–Kier alpha value is -0.820. The molecule has 0 radical (unpaired) electrons. The second kappa shape index (κ2) is 6.70. The number of benzene rings is 1. The van der Waals surface area contributed by atoms with Crippen molar-refractivity contribution in [3.63, 3.8) is 0 Å². The van der Waals surface area contributed by atoms with E-state index in [0.717, 1.165) is 6.42 Å². The number of aryl methyl sites for hydroxylation is 1. The van der Waals surface area contributed by atoms with E-state index in [4.69, 9.17) is 0 Å². The van der Waals surface area contributed by atoms with E-state index in [0.29, 0.717) is 12.1 Å². The molecule has 90 valence electrons. The van der Waals surface area contributed by atoms with Crippen LogP contribution >= 0.6 is 0 Å². The maximum atomic E-state index is 3.69. The van der Waals surface area contributed by atoms with Gasteiger partial charge in [0.2, 0.25) is 0 Å². The molecule has 1 heteroatoms. The van der Waals surface area contributed by atoms with E-state index in [1.807, 2.05) is 0 Å². The van der Waals surface area contributed by atoms with E-state index in [1.54, 1.807) is 0 Å². The molecule has 0 saturated heterocycles. The summed E-state index contributed by atoms with van der Waals surface area (Å²) in [4.78, 5) is 0. The molecule has 0 bridgehead atoms. The lowest BCUT2D eigenvalue weighted by molar-refractivity contribution is 0.422. The van der Waals surface area contributed by atoms with Gasteiger partial charge in [-0.15, -0.1) is 0 Å². The normalized spacial score (nSPS) is 13.1. The van der Waals surface area contributed by atoms with Gasteiger partial charge < -0.3 is 5.32 Å². The van der Waals surface area contributed by atoms with Gasteiger partial charge in [-0.3, -0.25) is 0 Å². The summed E-state index contributed by atoms with van der Waals surface area (Å²) in [5.41, 5.74) is 2.87. The third-order valence-corrected chi connectivity index (χ3v) is 3.29. The lowest BCUT2D eigenvalue weighted by Crippen LogP contribution is -2.37. The predicted molar refractivity (Wildman–Crippen MR) is 71.9 cm³/mol. The Balaban J connectivity index is 2.51. The quantitative estimate of drug-likeness (QED) is 0.769. The lowest BCUT2D eigenvalue weighted by Gasteiger charge is -2.21. The molecule has 1 nitrogen and oxygen atoms in total. The van der Waals surface area contributed by atoms with Crippen LogP contribution in [0.3, 0.4) is 0 Å². The largest absolute Gasteiger partial charge is 0.311 e. The molecule has 1 atom stereocenters. The zero-order chi connectivity index (χ0) is 12.0. The molecular weight excluding hydrogens is 194 g/mol. The third kappa shape index (κ3) is 3.97. The Morgan fingerprint density at radius 2 is 1.75 bits per heavy atom. The van der Waals surface area contributed by atoms with Crippen LogP contribution in [0.5, 0.6) is 0 Å². The fourth-order valence-corrected chi connectivity index (χ4v) is 2.15. The van der Waals surface area contributed by atoms with Gasteiger partial charge in [-0.25, -0.2) is 0 Å². The van der Waals surface area contributed by atoms with Crippen molar-refractivity contribution in [3.05, 3.63) is 35.4 Å². The van der Waals surface area contributed by atoms with Crippen molar-refractivity contribution in [2.75, 3.05) is 0 Å². The molecule has 1 unspecified atom stereocenters. The highest BCUT2D eigenvalue weighted by Gasteiger charge is 2.09. The summed E-state index contributed by atoms with van der Waals surface area (Å²) in [6, 6.07) is 9.90. The zero-order valence-corrected chi connectivity index (χ0v) is 11.1. The van der Waals surface area contributed by atoms with Crippen molar-refractivity contribution >= 4 is 0 Å². The van der Waals surface area contributed by atoms with Gasteiger partial charge in [-0.05, 0) is 44.2 Å². The highest BCUT2D eigenvalue weighted by Crippen LogP contribution is 2.10. The van der Waals surface area contributed by atoms with Crippen molar-refractivity contribution < 1.29 is 0 Å². The molecule has 0 fully saturated rings. The molecule has 16 heavy (non-hydrogen) atoms. The van der Waals surface area contributed by atoms with Gasteiger partial charge in [0.15, 0.2) is 0 Å². The fraction of sp³-hybridized carbons (Fsp3) is 0.600. The zero-order valence-electron chi connectivity index (χ0n) is 11.1. The summed E-state index contributed by atoms with van der Waals surface area (Å²) in [5, 5.41) is 3.69. The molecule has 0 aliphatic rings. The highest BCUT2D eigenvalue weighted by atomic mass is 14.9. The summed E-state index contributed by atoms with van der Waals surface area (Å²) in [6.45, 7) is 8.98. The Bertz CT molecular complexity index is 302. The average Bonchev–Trinajstić information content (AvgIpc) is 2.29. The average molecular weight is 219 g/mol. The Morgan fingerprint density at radius 3 is 2.31 bits per heavy atom.